The summed E-state index contributed by atoms with van der Waals surface area (Å²) < 4.78 is 19.4. The number of halogens is 2. The molecule has 3 aromatic rings. The van der Waals surface area contributed by atoms with E-state index in [1.807, 2.05) is 26.0 Å². The highest BCUT2D eigenvalue weighted by atomic mass is 35.5. The zero-order chi connectivity index (χ0) is 24.0. The average Bonchev–Trinajstić information content (AvgIpc) is 2.79. The van der Waals surface area contributed by atoms with E-state index in [9.17, 15) is 14.0 Å². The molecule has 0 radical (unpaired) electrons. The lowest BCUT2D eigenvalue weighted by atomic mass is 10.1. The van der Waals surface area contributed by atoms with Crippen LogP contribution in [0, 0.1) is 19.7 Å². The van der Waals surface area contributed by atoms with Crippen molar-refractivity contribution in [3.8, 4) is 5.75 Å². The Morgan fingerprint density at radius 3 is 2.42 bits per heavy atom. The minimum atomic E-state index is -0.879. The highest BCUT2D eigenvalue weighted by Crippen LogP contribution is 2.22. The van der Waals surface area contributed by atoms with Gasteiger partial charge in [-0.15, -0.1) is 0 Å². The number of hydrogen-bond donors (Lipinski definition) is 2. The molecular formula is C25H23ClFN3O3. The van der Waals surface area contributed by atoms with E-state index in [0.29, 0.717) is 27.7 Å². The van der Waals surface area contributed by atoms with Crippen molar-refractivity contribution in [1.29, 1.82) is 0 Å². The smallest absolute Gasteiger partial charge is 0.329 e. The molecule has 0 heterocycles. The van der Waals surface area contributed by atoms with Crippen LogP contribution in [0.5, 0.6) is 5.75 Å². The fourth-order valence-corrected chi connectivity index (χ4v) is 3.22. The molecule has 3 aromatic carbocycles. The fourth-order valence-electron chi connectivity index (χ4n) is 3.00. The minimum Gasteiger partial charge on any atom is -0.489 e. The Kier molecular flexibility index (Phi) is 7.79. The van der Waals surface area contributed by atoms with Crippen LogP contribution in [0.25, 0.3) is 0 Å². The number of hydrogen-bond acceptors (Lipinski definition) is 4. The van der Waals surface area contributed by atoms with Gasteiger partial charge in [0, 0.05) is 11.3 Å². The maximum atomic E-state index is 13.8. The lowest BCUT2D eigenvalue weighted by Crippen LogP contribution is -2.33. The molecular weight excluding hydrogens is 445 g/mol. The number of amides is 2. The van der Waals surface area contributed by atoms with Crippen LogP contribution in [0.2, 0.25) is 5.02 Å². The van der Waals surface area contributed by atoms with Crippen LogP contribution in [-0.2, 0) is 16.2 Å². The minimum absolute atomic E-state index is 0.0104. The summed E-state index contributed by atoms with van der Waals surface area (Å²) in [5.41, 5.74) is 6.22. The van der Waals surface area contributed by atoms with Crippen molar-refractivity contribution in [3.05, 3.63) is 93.8 Å². The molecule has 0 spiro atoms. The second kappa shape index (κ2) is 10.7. The number of benzene rings is 3. The summed E-state index contributed by atoms with van der Waals surface area (Å²) in [6, 6.07) is 16.8. The molecule has 0 saturated heterocycles. The third-order valence-corrected chi connectivity index (χ3v) is 5.23. The summed E-state index contributed by atoms with van der Waals surface area (Å²) in [6.45, 7) is 5.47. The highest BCUT2D eigenvalue weighted by molar-refractivity contribution is 6.39. The van der Waals surface area contributed by atoms with Gasteiger partial charge in [-0.3, -0.25) is 9.59 Å². The Morgan fingerprint density at radius 1 is 1.03 bits per heavy atom. The summed E-state index contributed by atoms with van der Waals surface area (Å²) in [6.07, 6.45) is 0. The number of anilines is 1. The number of rotatable bonds is 6. The topological polar surface area (TPSA) is 79.8 Å². The zero-order valence-corrected chi connectivity index (χ0v) is 19.2. The monoisotopic (exact) mass is 467 g/mol. The van der Waals surface area contributed by atoms with Crippen molar-refractivity contribution < 1.29 is 18.7 Å². The molecule has 3 rings (SSSR count). The number of carbonyl (C=O) groups excluding carboxylic acids is 2. The van der Waals surface area contributed by atoms with E-state index in [1.54, 1.807) is 43.3 Å². The number of hydrazone groups is 1. The van der Waals surface area contributed by atoms with Crippen LogP contribution in [0.4, 0.5) is 10.1 Å². The molecule has 6 nitrogen and oxygen atoms in total. The van der Waals surface area contributed by atoms with Gasteiger partial charge in [0.2, 0.25) is 0 Å². The largest absolute Gasteiger partial charge is 0.489 e. The van der Waals surface area contributed by atoms with Crippen LogP contribution in [0.3, 0.4) is 0 Å². The molecule has 170 valence electrons. The van der Waals surface area contributed by atoms with Crippen molar-refractivity contribution in [3.63, 3.8) is 0 Å². The lowest BCUT2D eigenvalue weighted by molar-refractivity contribution is -0.136. The van der Waals surface area contributed by atoms with Crippen LogP contribution in [0.1, 0.15) is 29.2 Å². The van der Waals surface area contributed by atoms with E-state index < -0.39 is 17.6 Å². The summed E-state index contributed by atoms with van der Waals surface area (Å²) in [4.78, 5) is 24.2. The maximum Gasteiger partial charge on any atom is 0.329 e. The highest BCUT2D eigenvalue weighted by Gasteiger charge is 2.14. The van der Waals surface area contributed by atoms with E-state index >= 15 is 0 Å². The SMILES string of the molecule is C/C(=N\NC(=O)C(=O)Nc1ccc(C)cc1C)c1ccc(OCc2c(F)cccc2Cl)cc1. The number of carbonyl (C=O) groups is 2. The van der Waals surface area contributed by atoms with Crippen LogP contribution in [-0.4, -0.2) is 17.5 Å². The molecule has 0 unspecified atom stereocenters. The molecule has 33 heavy (non-hydrogen) atoms. The first-order valence-corrected chi connectivity index (χ1v) is 10.5. The van der Waals surface area contributed by atoms with Gasteiger partial charge in [-0.05, 0) is 74.4 Å². The fraction of sp³-hybridized carbons (Fsp3) is 0.160. The van der Waals surface area contributed by atoms with Crippen molar-refractivity contribution in [1.82, 2.24) is 5.43 Å². The number of nitrogens with one attached hydrogen (secondary N) is 2. The Hall–Kier alpha value is -3.71. The van der Waals surface area contributed by atoms with E-state index in [-0.39, 0.29) is 12.2 Å². The van der Waals surface area contributed by atoms with Gasteiger partial charge in [0.05, 0.1) is 10.7 Å². The van der Waals surface area contributed by atoms with Crippen LogP contribution < -0.4 is 15.5 Å². The van der Waals surface area contributed by atoms with Gasteiger partial charge in [0.1, 0.15) is 18.2 Å². The zero-order valence-electron chi connectivity index (χ0n) is 18.4. The van der Waals surface area contributed by atoms with Gasteiger partial charge in [-0.1, -0.05) is 35.4 Å². The summed E-state index contributed by atoms with van der Waals surface area (Å²) >= 11 is 6.01. The van der Waals surface area contributed by atoms with E-state index in [1.165, 1.54) is 12.1 Å². The Morgan fingerprint density at radius 2 is 1.76 bits per heavy atom. The molecule has 2 N–H and O–H groups in total. The summed E-state index contributed by atoms with van der Waals surface area (Å²) in [7, 11) is 0. The van der Waals surface area contributed by atoms with Gasteiger partial charge in [0.15, 0.2) is 0 Å². The van der Waals surface area contributed by atoms with E-state index in [0.717, 1.165) is 11.1 Å². The van der Waals surface area contributed by atoms with Crippen molar-refractivity contribution in [2.24, 2.45) is 5.10 Å². The molecule has 0 bridgehead atoms. The molecule has 0 aliphatic heterocycles. The van der Waals surface area contributed by atoms with Gasteiger partial charge in [-0.25, -0.2) is 9.82 Å². The molecule has 0 aliphatic carbocycles. The third kappa shape index (κ3) is 6.40. The second-order valence-electron chi connectivity index (χ2n) is 7.42. The molecule has 8 heteroatoms. The summed E-state index contributed by atoms with van der Waals surface area (Å²) in [5, 5.41) is 6.86. The number of aryl methyl sites for hydroxylation is 2. The normalized spacial score (nSPS) is 11.1. The van der Waals surface area contributed by atoms with E-state index in [2.05, 4.69) is 15.8 Å². The lowest BCUT2D eigenvalue weighted by Gasteiger charge is -2.10. The van der Waals surface area contributed by atoms with Gasteiger partial charge < -0.3 is 10.1 Å². The first-order chi connectivity index (χ1) is 15.7. The standard InChI is InChI=1S/C25H23ClFN3O3/c1-15-7-12-23(16(2)13-15)28-24(31)25(32)30-29-17(3)18-8-10-19(11-9-18)33-14-20-21(26)5-4-6-22(20)27/h4-13H,14H2,1-3H3,(H,28,31)(H,30,32)/b29-17+. The quantitative estimate of drug-likeness (QED) is 0.299. The third-order valence-electron chi connectivity index (χ3n) is 4.88. The molecule has 0 saturated carbocycles. The van der Waals surface area contributed by atoms with Gasteiger partial charge >= 0.3 is 11.8 Å². The van der Waals surface area contributed by atoms with Gasteiger partial charge in [0.25, 0.3) is 0 Å². The molecule has 0 atom stereocenters. The number of ether oxygens (including phenoxy) is 1. The Labute approximate surface area is 196 Å². The first kappa shape index (κ1) is 23.9. The van der Waals surface area contributed by atoms with Crippen molar-refractivity contribution in [2.45, 2.75) is 27.4 Å². The molecule has 2 amide bonds. The molecule has 0 aliphatic rings. The molecule has 0 fully saturated rings. The predicted octanol–water partition coefficient (Wildman–Crippen LogP) is 5.15. The van der Waals surface area contributed by atoms with Crippen molar-refractivity contribution >= 4 is 34.8 Å². The average molecular weight is 468 g/mol. The van der Waals surface area contributed by atoms with Crippen LogP contribution in [0.15, 0.2) is 65.8 Å². The van der Waals surface area contributed by atoms with Crippen molar-refractivity contribution in [2.75, 3.05) is 5.32 Å². The Bertz CT molecular complexity index is 1190. The number of nitrogens with zero attached hydrogens (tertiary/aromatic N) is 1. The summed E-state index contributed by atoms with van der Waals surface area (Å²) in [5.74, 6) is -1.60. The van der Waals surface area contributed by atoms with Crippen LogP contribution >= 0.6 is 11.6 Å². The van der Waals surface area contributed by atoms with E-state index in [4.69, 9.17) is 16.3 Å². The predicted molar refractivity (Wildman–Crippen MR) is 127 cm³/mol. The first-order valence-electron chi connectivity index (χ1n) is 10.1. The molecule has 0 aromatic heterocycles. The second-order valence-corrected chi connectivity index (χ2v) is 7.83. The Balaban J connectivity index is 1.56. The maximum absolute atomic E-state index is 13.8. The van der Waals surface area contributed by atoms with Gasteiger partial charge in [-0.2, -0.15) is 5.10 Å².